The van der Waals surface area contributed by atoms with Crippen molar-refractivity contribution in [3.05, 3.63) is 153 Å². The molecule has 0 saturated heterocycles. The summed E-state index contributed by atoms with van der Waals surface area (Å²) in [5, 5.41) is 0. The number of methoxy groups -OCH3 is 2. The fraction of sp³-hybridized carbons (Fsp3) is 0.227. The van der Waals surface area contributed by atoms with Crippen molar-refractivity contribution in [1.82, 2.24) is 0 Å². The van der Waals surface area contributed by atoms with Crippen molar-refractivity contribution >= 4 is 27.9 Å². The van der Waals surface area contributed by atoms with Crippen LogP contribution in [0.25, 0.3) is 0 Å². The number of ether oxygens (including phenoxy) is 4. The van der Waals surface area contributed by atoms with Gasteiger partial charge in [-0.3, -0.25) is 0 Å². The van der Waals surface area contributed by atoms with E-state index < -0.39 is 13.2 Å². The summed E-state index contributed by atoms with van der Waals surface area (Å²) in [6.45, 7) is -5.62. The highest BCUT2D eigenvalue weighted by atomic mass is 79.9. The monoisotopic (exact) mass is 816 g/mol. The molecule has 0 aromatic heterocycles. The minimum atomic E-state index is -2.83. The molecule has 4 aromatic carbocycles. The van der Waals surface area contributed by atoms with E-state index >= 15 is 0 Å². The van der Waals surface area contributed by atoms with Gasteiger partial charge < -0.3 is 18.9 Å². The zero-order valence-corrected chi connectivity index (χ0v) is 31.5. The quantitative estimate of drug-likeness (QED) is 0.0764. The fourth-order valence-corrected chi connectivity index (χ4v) is 5.95. The lowest BCUT2D eigenvalue weighted by atomic mass is 9.75. The molecule has 2 fully saturated rings. The molecule has 0 bridgehead atoms. The summed E-state index contributed by atoms with van der Waals surface area (Å²) in [5.41, 5.74) is 7.02. The third-order valence-corrected chi connectivity index (χ3v) is 8.93. The zero-order valence-electron chi connectivity index (χ0n) is 29.9. The highest BCUT2D eigenvalue weighted by molar-refractivity contribution is 9.10. The number of rotatable bonds is 8. The van der Waals surface area contributed by atoms with Gasteiger partial charge in [0.15, 0.2) is 0 Å². The lowest BCUT2D eigenvalue weighted by molar-refractivity contribution is -0.135. The highest BCUT2D eigenvalue weighted by Gasteiger charge is 2.26. The molecule has 2 aliphatic rings. The molecule has 11 heteroatoms. The Hall–Kier alpha value is -5.78. The molecule has 284 valence electrons. The molecule has 0 aliphatic heterocycles. The molecule has 6 rings (SSSR count). The van der Waals surface area contributed by atoms with Crippen molar-refractivity contribution in [2.45, 2.75) is 50.7 Å². The van der Waals surface area contributed by atoms with Crippen LogP contribution in [0.3, 0.4) is 0 Å². The first kappa shape index (κ1) is 42.0. The van der Waals surface area contributed by atoms with E-state index in [-0.39, 0.29) is 23.4 Å². The summed E-state index contributed by atoms with van der Waals surface area (Å²) in [5.74, 6) is 9.07. The summed E-state index contributed by atoms with van der Waals surface area (Å²) >= 11 is 3.46. The molecule has 2 saturated carbocycles. The maximum Gasteiger partial charge on any atom is 0.387 e. The molecular formula is C44H37BrF4O6. The van der Waals surface area contributed by atoms with Gasteiger partial charge in [-0.2, -0.15) is 17.6 Å². The van der Waals surface area contributed by atoms with Crippen molar-refractivity contribution in [1.29, 1.82) is 0 Å². The van der Waals surface area contributed by atoms with Crippen molar-refractivity contribution in [2.75, 3.05) is 14.2 Å². The molecule has 55 heavy (non-hydrogen) atoms. The van der Waals surface area contributed by atoms with Gasteiger partial charge in [0.05, 0.1) is 14.2 Å². The highest BCUT2D eigenvalue weighted by Crippen LogP contribution is 2.42. The van der Waals surface area contributed by atoms with E-state index in [0.29, 0.717) is 23.0 Å². The number of halogens is 5. The third-order valence-electron chi connectivity index (χ3n) is 8.44. The van der Waals surface area contributed by atoms with Gasteiger partial charge in [-0.05, 0) is 121 Å². The van der Waals surface area contributed by atoms with Gasteiger partial charge in [-0.25, -0.2) is 9.59 Å². The van der Waals surface area contributed by atoms with Gasteiger partial charge in [0.1, 0.15) is 11.5 Å². The first-order valence-electron chi connectivity index (χ1n) is 16.9. The summed E-state index contributed by atoms with van der Waals surface area (Å²) in [4.78, 5) is 22.3. The van der Waals surface area contributed by atoms with Gasteiger partial charge >= 0.3 is 25.2 Å². The van der Waals surface area contributed by atoms with Crippen LogP contribution < -0.4 is 9.47 Å². The molecule has 2 aliphatic carbocycles. The van der Waals surface area contributed by atoms with Crippen LogP contribution in [0.5, 0.6) is 11.5 Å². The number of hydrogen-bond donors (Lipinski definition) is 0. The minimum absolute atomic E-state index is 0.110. The maximum atomic E-state index is 12.2. The van der Waals surface area contributed by atoms with E-state index in [0.717, 1.165) is 41.3 Å². The van der Waals surface area contributed by atoms with Crippen molar-refractivity contribution in [3.8, 4) is 35.7 Å². The molecule has 0 amide bonds. The molecule has 0 radical (unpaired) electrons. The van der Waals surface area contributed by atoms with Crippen LogP contribution in [0.2, 0.25) is 0 Å². The first-order chi connectivity index (χ1) is 26.4. The Kier molecular flexibility index (Phi) is 16.2. The average molecular weight is 818 g/mol. The van der Waals surface area contributed by atoms with Crippen LogP contribution in [0, 0.1) is 24.2 Å². The lowest BCUT2D eigenvalue weighted by Gasteiger charge is -2.29. The van der Waals surface area contributed by atoms with E-state index in [1.165, 1.54) is 67.3 Å². The van der Waals surface area contributed by atoms with E-state index in [1.54, 1.807) is 24.3 Å². The van der Waals surface area contributed by atoms with Crippen LogP contribution in [0.4, 0.5) is 17.6 Å². The molecule has 0 unspecified atom stereocenters. The number of carbonyl (C=O) groups excluding carboxylic acids is 2. The molecule has 0 heterocycles. The van der Waals surface area contributed by atoms with Crippen LogP contribution in [0.1, 0.15) is 65.3 Å². The molecule has 0 N–H and O–H groups in total. The molecule has 0 atom stereocenters. The summed E-state index contributed by atoms with van der Waals surface area (Å²) in [7, 11) is 2.78. The van der Waals surface area contributed by atoms with Gasteiger partial charge in [0, 0.05) is 33.3 Å². The summed E-state index contributed by atoms with van der Waals surface area (Å²) in [6, 6.07) is 28.4. The SMILES string of the molecule is C#Cc1ccc(OC(F)F)cc1.COC(=O)C=C1CC(c2cccc(Br)c2)C1.COC(=O)C=C1CC(c2cccc(C#Cc3ccc(OC(F)F)cc3)c2)C1. The number of carbonyl (C=O) groups is 2. The lowest BCUT2D eigenvalue weighted by Crippen LogP contribution is -2.14. The predicted octanol–water partition coefficient (Wildman–Crippen LogP) is 10.4. The van der Waals surface area contributed by atoms with E-state index in [1.807, 2.05) is 30.3 Å². The Bertz CT molecular complexity index is 2060. The minimum Gasteiger partial charge on any atom is -0.466 e. The van der Waals surface area contributed by atoms with Crippen LogP contribution >= 0.6 is 15.9 Å². The smallest absolute Gasteiger partial charge is 0.387 e. The number of esters is 2. The predicted molar refractivity (Wildman–Crippen MR) is 205 cm³/mol. The van der Waals surface area contributed by atoms with Crippen LogP contribution in [-0.2, 0) is 19.1 Å². The first-order valence-corrected chi connectivity index (χ1v) is 17.7. The Labute approximate surface area is 326 Å². The second kappa shape index (κ2) is 21.2. The van der Waals surface area contributed by atoms with Gasteiger partial charge in [0.2, 0.25) is 0 Å². The number of alkyl halides is 4. The average Bonchev–Trinajstić information content (AvgIpc) is 3.14. The van der Waals surface area contributed by atoms with E-state index in [2.05, 4.69) is 70.8 Å². The number of terminal acetylenes is 1. The Morgan fingerprint density at radius 3 is 1.53 bits per heavy atom. The standard InChI is InChI=1S/C22H18F2O3.C13H13BrO2.C9H6F2O/c1-26-21(25)14-17-12-19(13-17)18-4-2-3-16(11-18)6-5-15-7-9-20(10-8-15)27-22(23)24;1-16-13(15)7-9-5-11(6-9)10-3-2-4-12(14)8-10;1-2-7-3-5-8(6-4-7)12-9(10)11/h2-4,7-11,14,19,22H,12-13H2,1H3;2-4,7-8,11H,5-6H2,1H3;1,3-6,9H. The van der Waals surface area contributed by atoms with Gasteiger partial charge in [0.25, 0.3) is 0 Å². The third kappa shape index (κ3) is 14.2. The van der Waals surface area contributed by atoms with E-state index in [4.69, 9.17) is 6.42 Å². The Morgan fingerprint density at radius 2 is 1.09 bits per heavy atom. The zero-order chi connectivity index (χ0) is 39.7. The number of allylic oxidation sites excluding steroid dienone is 2. The topological polar surface area (TPSA) is 71.1 Å². The van der Waals surface area contributed by atoms with Crippen molar-refractivity contribution in [3.63, 3.8) is 0 Å². The Morgan fingerprint density at radius 1 is 0.655 bits per heavy atom. The normalized spacial score (nSPS) is 15.1. The molecular weight excluding hydrogens is 780 g/mol. The van der Waals surface area contributed by atoms with Crippen LogP contribution in [0.15, 0.2) is 125 Å². The van der Waals surface area contributed by atoms with E-state index in [9.17, 15) is 27.2 Å². The maximum absolute atomic E-state index is 12.2. The Balaban J connectivity index is 0.000000203. The number of benzene rings is 4. The second-order valence-electron chi connectivity index (χ2n) is 12.2. The van der Waals surface area contributed by atoms with Crippen molar-refractivity contribution < 1.29 is 46.1 Å². The largest absolute Gasteiger partial charge is 0.466 e. The summed E-state index contributed by atoms with van der Waals surface area (Å²) < 4.78 is 66.4. The van der Waals surface area contributed by atoms with Crippen molar-refractivity contribution in [2.24, 2.45) is 0 Å². The number of hydrogen-bond acceptors (Lipinski definition) is 6. The summed E-state index contributed by atoms with van der Waals surface area (Å²) in [6.07, 6.45) is 11.8. The molecule has 6 nitrogen and oxygen atoms in total. The van der Waals surface area contributed by atoms with Gasteiger partial charge in [-0.15, -0.1) is 6.42 Å². The van der Waals surface area contributed by atoms with Crippen LogP contribution in [-0.4, -0.2) is 39.4 Å². The molecule has 0 spiro atoms. The van der Waals surface area contributed by atoms with Gasteiger partial charge in [-0.1, -0.05) is 69.1 Å². The molecule has 4 aromatic rings. The second-order valence-corrected chi connectivity index (χ2v) is 13.2. The fourth-order valence-electron chi connectivity index (χ4n) is 5.53.